The molecule has 0 aliphatic carbocycles. The monoisotopic (exact) mass is 412 g/mol. The lowest BCUT2D eigenvalue weighted by Gasteiger charge is -2.19. The van der Waals surface area contributed by atoms with E-state index in [1.807, 2.05) is 72.3 Å². The van der Waals surface area contributed by atoms with E-state index in [0.29, 0.717) is 12.0 Å². The van der Waals surface area contributed by atoms with Crippen LogP contribution in [0.2, 0.25) is 0 Å². The van der Waals surface area contributed by atoms with E-state index >= 15 is 0 Å². The van der Waals surface area contributed by atoms with E-state index in [1.54, 1.807) is 24.3 Å². The molecule has 0 aliphatic heterocycles. The van der Waals surface area contributed by atoms with Crippen molar-refractivity contribution in [2.24, 2.45) is 7.05 Å². The summed E-state index contributed by atoms with van der Waals surface area (Å²) < 4.78 is 1.96. The first-order valence-electron chi connectivity index (χ1n) is 10.2. The largest absolute Gasteiger partial charge is 0.347 e. The molecule has 0 spiro atoms. The first-order valence-corrected chi connectivity index (χ1v) is 10.2. The van der Waals surface area contributed by atoms with Crippen LogP contribution in [0.4, 0.5) is 0 Å². The maximum absolute atomic E-state index is 13.1. The summed E-state index contributed by atoms with van der Waals surface area (Å²) in [5.41, 5.74) is 3.37. The molecule has 0 radical (unpaired) electrons. The van der Waals surface area contributed by atoms with Gasteiger partial charge in [0.2, 0.25) is 5.91 Å². The number of fused-ring (bicyclic) bond motifs is 1. The number of hydrogen-bond acceptors (Lipinski definition) is 3. The fourth-order valence-electron chi connectivity index (χ4n) is 3.53. The maximum atomic E-state index is 13.1. The zero-order chi connectivity index (χ0) is 21.6. The number of aromatic nitrogens is 2. The van der Waals surface area contributed by atoms with Crippen LogP contribution in [-0.2, 0) is 24.8 Å². The van der Waals surface area contributed by atoms with Crippen LogP contribution in [0.15, 0.2) is 84.9 Å². The zero-order valence-corrected chi connectivity index (χ0v) is 17.3. The summed E-state index contributed by atoms with van der Waals surface area (Å²) in [7, 11) is 1.93. The fraction of sp³-hybridized carbons (Fsp3) is 0.160. The van der Waals surface area contributed by atoms with Gasteiger partial charge in [-0.05, 0) is 29.8 Å². The van der Waals surface area contributed by atoms with Gasteiger partial charge in [-0.15, -0.1) is 0 Å². The van der Waals surface area contributed by atoms with Gasteiger partial charge >= 0.3 is 0 Å². The second-order valence-electron chi connectivity index (χ2n) is 7.38. The summed E-state index contributed by atoms with van der Waals surface area (Å²) >= 11 is 0. The predicted molar refractivity (Wildman–Crippen MR) is 120 cm³/mol. The van der Waals surface area contributed by atoms with E-state index < -0.39 is 6.04 Å². The number of benzene rings is 3. The lowest BCUT2D eigenvalue weighted by Crippen LogP contribution is -2.48. The van der Waals surface area contributed by atoms with Gasteiger partial charge in [0.25, 0.3) is 5.91 Å². The standard InChI is InChI=1S/C25H24N4O2/c1-29-22-15-9-8-14-20(22)27-23(29)17-26-25(31)21(16-18-10-4-2-5-11-18)28-24(30)19-12-6-3-7-13-19/h2-15,21H,16-17H2,1H3,(H,26,31)(H,28,30). The highest BCUT2D eigenvalue weighted by Gasteiger charge is 2.22. The second kappa shape index (κ2) is 9.26. The Labute approximate surface area is 180 Å². The van der Waals surface area contributed by atoms with Crippen molar-refractivity contribution in [3.63, 3.8) is 0 Å². The minimum Gasteiger partial charge on any atom is -0.347 e. The summed E-state index contributed by atoms with van der Waals surface area (Å²) in [6, 6.07) is 25.7. The summed E-state index contributed by atoms with van der Waals surface area (Å²) in [4.78, 5) is 30.3. The number of carbonyl (C=O) groups is 2. The molecule has 2 amide bonds. The van der Waals surface area contributed by atoms with Crippen molar-refractivity contribution in [2.75, 3.05) is 0 Å². The third-order valence-corrected chi connectivity index (χ3v) is 5.24. The van der Waals surface area contributed by atoms with Crippen molar-refractivity contribution >= 4 is 22.8 Å². The maximum Gasteiger partial charge on any atom is 0.251 e. The number of para-hydroxylation sites is 2. The highest BCUT2D eigenvalue weighted by Crippen LogP contribution is 2.14. The Morgan fingerprint density at radius 1 is 0.903 bits per heavy atom. The number of nitrogens with zero attached hydrogens (tertiary/aromatic N) is 2. The average Bonchev–Trinajstić information content (AvgIpc) is 3.14. The summed E-state index contributed by atoms with van der Waals surface area (Å²) in [5.74, 6) is 0.224. The minimum absolute atomic E-state index is 0.250. The molecule has 1 heterocycles. The highest BCUT2D eigenvalue weighted by molar-refractivity contribution is 5.97. The Bertz CT molecular complexity index is 1190. The fourth-order valence-corrected chi connectivity index (χ4v) is 3.53. The van der Waals surface area contributed by atoms with Crippen LogP contribution in [-0.4, -0.2) is 27.4 Å². The number of hydrogen-bond donors (Lipinski definition) is 2. The van der Waals surface area contributed by atoms with Gasteiger partial charge < -0.3 is 15.2 Å². The molecule has 31 heavy (non-hydrogen) atoms. The van der Waals surface area contributed by atoms with Crippen LogP contribution in [0.3, 0.4) is 0 Å². The molecule has 1 unspecified atom stereocenters. The molecule has 2 N–H and O–H groups in total. The van der Waals surface area contributed by atoms with Crippen molar-refractivity contribution < 1.29 is 9.59 Å². The van der Waals surface area contributed by atoms with Gasteiger partial charge in [-0.2, -0.15) is 0 Å². The molecule has 4 rings (SSSR count). The molecule has 0 fully saturated rings. The van der Waals surface area contributed by atoms with Crippen LogP contribution in [0.1, 0.15) is 21.7 Å². The first kappa shape index (κ1) is 20.3. The van der Waals surface area contributed by atoms with Gasteiger partial charge in [0.05, 0.1) is 17.6 Å². The SMILES string of the molecule is Cn1c(CNC(=O)C(Cc2ccccc2)NC(=O)c2ccccc2)nc2ccccc21. The summed E-state index contributed by atoms with van der Waals surface area (Å²) in [5, 5.41) is 5.82. The highest BCUT2D eigenvalue weighted by atomic mass is 16.2. The lowest BCUT2D eigenvalue weighted by atomic mass is 10.0. The molecule has 0 bridgehead atoms. The molecular weight excluding hydrogens is 388 g/mol. The molecule has 0 saturated heterocycles. The molecule has 156 valence electrons. The van der Waals surface area contributed by atoms with Gasteiger partial charge in [-0.25, -0.2) is 4.98 Å². The van der Waals surface area contributed by atoms with Crippen molar-refractivity contribution in [3.8, 4) is 0 Å². The van der Waals surface area contributed by atoms with Crippen molar-refractivity contribution in [3.05, 3.63) is 102 Å². The molecule has 1 aromatic heterocycles. The number of amides is 2. The number of rotatable bonds is 7. The average molecular weight is 412 g/mol. The Hall–Kier alpha value is -3.93. The summed E-state index contributed by atoms with van der Waals surface area (Å²) in [6.07, 6.45) is 0.397. The molecule has 0 aliphatic rings. The molecule has 6 heteroatoms. The van der Waals surface area contributed by atoms with E-state index in [4.69, 9.17) is 0 Å². The quantitative estimate of drug-likeness (QED) is 0.489. The molecular formula is C25H24N4O2. The Morgan fingerprint density at radius 3 is 2.26 bits per heavy atom. The number of nitrogens with one attached hydrogen (secondary N) is 2. The van der Waals surface area contributed by atoms with Crippen LogP contribution in [0, 0.1) is 0 Å². The number of carbonyl (C=O) groups excluding carboxylic acids is 2. The van der Waals surface area contributed by atoms with Crippen molar-refractivity contribution in [2.45, 2.75) is 19.0 Å². The van der Waals surface area contributed by atoms with E-state index in [1.165, 1.54) is 0 Å². The third-order valence-electron chi connectivity index (χ3n) is 5.24. The first-order chi connectivity index (χ1) is 15.1. The zero-order valence-electron chi connectivity index (χ0n) is 17.3. The van der Waals surface area contributed by atoms with E-state index in [-0.39, 0.29) is 18.4 Å². The number of imidazole rings is 1. The van der Waals surface area contributed by atoms with E-state index in [2.05, 4.69) is 15.6 Å². The van der Waals surface area contributed by atoms with Gasteiger partial charge in [-0.1, -0.05) is 60.7 Å². The molecule has 3 aromatic carbocycles. The normalized spacial score (nSPS) is 11.8. The van der Waals surface area contributed by atoms with Crippen LogP contribution in [0.5, 0.6) is 0 Å². The molecule has 0 saturated carbocycles. The second-order valence-corrected chi connectivity index (χ2v) is 7.38. The van der Waals surface area contributed by atoms with Crippen molar-refractivity contribution in [1.82, 2.24) is 20.2 Å². The smallest absolute Gasteiger partial charge is 0.251 e. The van der Waals surface area contributed by atoms with Crippen LogP contribution < -0.4 is 10.6 Å². The third kappa shape index (κ3) is 4.80. The Kier molecular flexibility index (Phi) is 6.08. The van der Waals surface area contributed by atoms with E-state index in [0.717, 1.165) is 22.4 Å². The molecule has 6 nitrogen and oxygen atoms in total. The van der Waals surface area contributed by atoms with Gasteiger partial charge in [0.1, 0.15) is 11.9 Å². The van der Waals surface area contributed by atoms with Crippen LogP contribution in [0.25, 0.3) is 11.0 Å². The number of aryl methyl sites for hydroxylation is 1. The topological polar surface area (TPSA) is 76.0 Å². The van der Waals surface area contributed by atoms with E-state index in [9.17, 15) is 9.59 Å². The Morgan fingerprint density at radius 2 is 1.55 bits per heavy atom. The lowest BCUT2D eigenvalue weighted by molar-refractivity contribution is -0.123. The predicted octanol–water partition coefficient (Wildman–Crippen LogP) is 3.23. The minimum atomic E-state index is -0.704. The molecule has 1 atom stereocenters. The Balaban J connectivity index is 1.49. The van der Waals surface area contributed by atoms with Crippen molar-refractivity contribution in [1.29, 1.82) is 0 Å². The van der Waals surface area contributed by atoms with Crippen LogP contribution >= 0.6 is 0 Å². The van der Waals surface area contributed by atoms with Gasteiger partial charge in [0, 0.05) is 19.0 Å². The van der Waals surface area contributed by atoms with Gasteiger partial charge in [-0.3, -0.25) is 9.59 Å². The summed E-state index contributed by atoms with van der Waals surface area (Å²) in [6.45, 7) is 0.274. The molecule has 4 aromatic rings. The van der Waals surface area contributed by atoms with Gasteiger partial charge in [0.15, 0.2) is 0 Å².